The largest absolute Gasteiger partial charge is 0.505 e. The molecule has 34 heavy (non-hydrogen) atoms. The number of aryl methyl sites for hydroxylation is 1. The van der Waals surface area contributed by atoms with Crippen molar-refractivity contribution in [2.45, 2.75) is 26.4 Å². The van der Waals surface area contributed by atoms with E-state index in [0.29, 0.717) is 17.9 Å². The SMILES string of the molecule is C=C(C)[C@@H](N=C(N)C(N)=Nc1cccc(C(=O)N(C)Cc2ccccc2)c1O)c1cc(C)co1. The third-order valence-electron chi connectivity index (χ3n) is 5.11. The summed E-state index contributed by atoms with van der Waals surface area (Å²) >= 11 is 0. The molecule has 3 aromatic rings. The average molecular weight is 460 g/mol. The van der Waals surface area contributed by atoms with Gasteiger partial charge in [0.25, 0.3) is 5.91 Å². The van der Waals surface area contributed by atoms with Crippen LogP contribution in [0.15, 0.2) is 87.4 Å². The maximum atomic E-state index is 12.9. The van der Waals surface area contributed by atoms with Crippen LogP contribution in [0.3, 0.4) is 0 Å². The number of benzene rings is 2. The Hall–Kier alpha value is -4.33. The molecule has 0 aliphatic heterocycles. The molecule has 0 saturated carbocycles. The van der Waals surface area contributed by atoms with Gasteiger partial charge in [0, 0.05) is 13.6 Å². The summed E-state index contributed by atoms with van der Waals surface area (Å²) in [6.07, 6.45) is 1.61. The Morgan fingerprint density at radius 3 is 2.47 bits per heavy atom. The number of hydrogen-bond acceptors (Lipinski definition) is 5. The highest BCUT2D eigenvalue weighted by Gasteiger charge is 2.20. The number of aromatic hydroxyl groups is 1. The zero-order chi connectivity index (χ0) is 24.8. The van der Waals surface area contributed by atoms with Crippen LogP contribution in [0.1, 0.15) is 40.2 Å². The Kier molecular flexibility index (Phi) is 7.53. The smallest absolute Gasteiger partial charge is 0.257 e. The second kappa shape index (κ2) is 10.5. The minimum absolute atomic E-state index is 0.0422. The fraction of sp³-hybridized carbons (Fsp3) is 0.192. The first-order chi connectivity index (χ1) is 16.2. The molecule has 0 unspecified atom stereocenters. The number of carbonyl (C=O) groups excluding carboxylic acids is 1. The average Bonchev–Trinajstić information content (AvgIpc) is 3.24. The number of phenols is 1. The Labute approximate surface area is 198 Å². The van der Waals surface area contributed by atoms with Gasteiger partial charge in [0.15, 0.2) is 17.4 Å². The maximum absolute atomic E-state index is 12.9. The van der Waals surface area contributed by atoms with Crippen LogP contribution in [0.5, 0.6) is 5.75 Å². The molecule has 1 amide bonds. The molecule has 0 radical (unpaired) electrons. The lowest BCUT2D eigenvalue weighted by Crippen LogP contribution is -2.32. The Morgan fingerprint density at radius 2 is 1.85 bits per heavy atom. The molecule has 2 aromatic carbocycles. The Morgan fingerprint density at radius 1 is 1.15 bits per heavy atom. The number of phenolic OH excluding ortho intramolecular Hbond substituents is 1. The Balaban J connectivity index is 1.85. The topological polar surface area (TPSA) is 130 Å². The molecule has 5 N–H and O–H groups in total. The highest BCUT2D eigenvalue weighted by Crippen LogP contribution is 2.31. The first-order valence-electron chi connectivity index (χ1n) is 10.7. The fourth-order valence-corrected chi connectivity index (χ4v) is 3.33. The summed E-state index contributed by atoms with van der Waals surface area (Å²) in [5.74, 6) is -0.209. The molecule has 0 saturated heterocycles. The van der Waals surface area contributed by atoms with E-state index in [9.17, 15) is 9.90 Å². The van der Waals surface area contributed by atoms with E-state index < -0.39 is 6.04 Å². The number of furan rings is 1. The van der Waals surface area contributed by atoms with E-state index in [0.717, 1.165) is 11.1 Å². The summed E-state index contributed by atoms with van der Waals surface area (Å²) in [5.41, 5.74) is 15.0. The molecular weight excluding hydrogens is 430 g/mol. The number of amidine groups is 2. The van der Waals surface area contributed by atoms with Gasteiger partial charge in [-0.05, 0) is 48.7 Å². The third kappa shape index (κ3) is 5.72. The molecule has 176 valence electrons. The highest BCUT2D eigenvalue weighted by molar-refractivity contribution is 6.39. The van der Waals surface area contributed by atoms with Crippen molar-refractivity contribution < 1.29 is 14.3 Å². The first kappa shape index (κ1) is 24.3. The number of amides is 1. The predicted molar refractivity (Wildman–Crippen MR) is 134 cm³/mol. The van der Waals surface area contributed by atoms with E-state index in [4.69, 9.17) is 15.9 Å². The quantitative estimate of drug-likeness (QED) is 0.276. The van der Waals surface area contributed by atoms with Crippen LogP contribution in [-0.2, 0) is 6.54 Å². The molecule has 0 fully saturated rings. The van der Waals surface area contributed by atoms with Gasteiger partial charge in [-0.15, -0.1) is 0 Å². The predicted octanol–water partition coefficient (Wildman–Crippen LogP) is 4.23. The van der Waals surface area contributed by atoms with Crippen molar-refractivity contribution in [1.29, 1.82) is 0 Å². The number of hydrogen-bond donors (Lipinski definition) is 3. The van der Waals surface area contributed by atoms with Gasteiger partial charge in [0.1, 0.15) is 17.5 Å². The lowest BCUT2D eigenvalue weighted by atomic mass is 10.1. The van der Waals surface area contributed by atoms with Crippen LogP contribution in [-0.4, -0.2) is 34.6 Å². The zero-order valence-electron chi connectivity index (χ0n) is 19.5. The summed E-state index contributed by atoms with van der Waals surface area (Å²) < 4.78 is 5.53. The Bertz CT molecular complexity index is 1240. The molecule has 1 heterocycles. The van der Waals surface area contributed by atoms with E-state index >= 15 is 0 Å². The highest BCUT2D eigenvalue weighted by atomic mass is 16.3. The lowest BCUT2D eigenvalue weighted by molar-refractivity contribution is 0.0782. The number of nitrogens with two attached hydrogens (primary N) is 2. The molecule has 8 nitrogen and oxygen atoms in total. The summed E-state index contributed by atoms with van der Waals surface area (Å²) in [5, 5.41) is 10.7. The van der Waals surface area contributed by atoms with E-state index in [2.05, 4.69) is 16.6 Å². The zero-order valence-corrected chi connectivity index (χ0v) is 19.5. The molecule has 3 rings (SSSR count). The second-order valence-corrected chi connectivity index (χ2v) is 8.11. The lowest BCUT2D eigenvalue weighted by Gasteiger charge is -2.18. The molecule has 1 aromatic heterocycles. The van der Waals surface area contributed by atoms with Gasteiger partial charge < -0.3 is 25.9 Å². The molecule has 0 spiro atoms. The van der Waals surface area contributed by atoms with Crippen molar-refractivity contribution in [2.24, 2.45) is 21.5 Å². The molecule has 0 aliphatic rings. The first-order valence-corrected chi connectivity index (χ1v) is 10.7. The molecular formula is C26H29N5O3. The molecule has 0 aliphatic carbocycles. The number of carbonyl (C=O) groups is 1. The van der Waals surface area contributed by atoms with E-state index in [-0.39, 0.29) is 34.6 Å². The van der Waals surface area contributed by atoms with Gasteiger partial charge in [0.2, 0.25) is 0 Å². The van der Waals surface area contributed by atoms with Crippen LogP contribution < -0.4 is 11.5 Å². The van der Waals surface area contributed by atoms with Crippen LogP contribution >= 0.6 is 0 Å². The van der Waals surface area contributed by atoms with E-state index in [1.807, 2.05) is 43.3 Å². The van der Waals surface area contributed by atoms with Crippen molar-refractivity contribution in [3.8, 4) is 5.75 Å². The van der Waals surface area contributed by atoms with Crippen molar-refractivity contribution >= 4 is 23.3 Å². The summed E-state index contributed by atoms with van der Waals surface area (Å²) in [4.78, 5) is 23.1. The van der Waals surface area contributed by atoms with Crippen molar-refractivity contribution in [3.05, 3.63) is 95.5 Å². The number of rotatable bonds is 7. The normalized spacial score (nSPS) is 12.9. The molecule has 0 bridgehead atoms. The summed E-state index contributed by atoms with van der Waals surface area (Å²) in [6, 6.07) is 15.6. The van der Waals surface area contributed by atoms with E-state index in [1.54, 1.807) is 26.3 Å². The van der Waals surface area contributed by atoms with Crippen LogP contribution in [0.2, 0.25) is 0 Å². The minimum Gasteiger partial charge on any atom is -0.505 e. The van der Waals surface area contributed by atoms with Crippen molar-refractivity contribution in [1.82, 2.24) is 4.90 Å². The van der Waals surface area contributed by atoms with E-state index in [1.165, 1.54) is 17.0 Å². The summed E-state index contributed by atoms with van der Waals surface area (Å²) in [7, 11) is 1.66. The van der Waals surface area contributed by atoms with Crippen LogP contribution in [0.4, 0.5) is 5.69 Å². The number of para-hydroxylation sites is 1. The van der Waals surface area contributed by atoms with Crippen LogP contribution in [0, 0.1) is 6.92 Å². The minimum atomic E-state index is -0.532. The van der Waals surface area contributed by atoms with Gasteiger partial charge in [-0.2, -0.15) is 0 Å². The molecule has 8 heteroatoms. The third-order valence-corrected chi connectivity index (χ3v) is 5.11. The van der Waals surface area contributed by atoms with Gasteiger partial charge in [-0.25, -0.2) is 9.98 Å². The van der Waals surface area contributed by atoms with Gasteiger partial charge in [-0.1, -0.05) is 43.0 Å². The van der Waals surface area contributed by atoms with Gasteiger partial charge in [0.05, 0.1) is 11.8 Å². The fourth-order valence-electron chi connectivity index (χ4n) is 3.33. The number of nitrogens with zero attached hydrogens (tertiary/aromatic N) is 3. The van der Waals surface area contributed by atoms with Crippen molar-refractivity contribution in [2.75, 3.05) is 7.05 Å². The number of aliphatic imine (C=N–C) groups is 2. The monoisotopic (exact) mass is 459 g/mol. The second-order valence-electron chi connectivity index (χ2n) is 8.11. The summed E-state index contributed by atoms with van der Waals surface area (Å²) in [6.45, 7) is 8.04. The molecule has 1 atom stereocenters. The maximum Gasteiger partial charge on any atom is 0.257 e. The van der Waals surface area contributed by atoms with Gasteiger partial charge >= 0.3 is 0 Å². The standard InChI is InChI=1S/C26H29N5O3/c1-16(2)22(21-13-17(3)15-34-21)30-25(28)24(27)29-20-12-8-11-19(23(20)32)26(33)31(4)14-18-9-6-5-7-10-18/h5-13,15,22,32H,1,14H2,2-4H3,(H2,27,29)(H2,28,30)/t22-/m1/s1. The van der Waals surface area contributed by atoms with Crippen LogP contribution in [0.25, 0.3) is 0 Å². The van der Waals surface area contributed by atoms with Crippen molar-refractivity contribution in [3.63, 3.8) is 0 Å². The van der Waals surface area contributed by atoms with Gasteiger partial charge in [-0.3, -0.25) is 4.79 Å².